The van der Waals surface area contributed by atoms with Crippen LogP contribution in [0.3, 0.4) is 0 Å². The summed E-state index contributed by atoms with van der Waals surface area (Å²) in [5.74, 6) is -0.228. The van der Waals surface area contributed by atoms with E-state index in [-0.39, 0.29) is 30.1 Å². The van der Waals surface area contributed by atoms with Crippen molar-refractivity contribution in [2.75, 3.05) is 13.2 Å². The van der Waals surface area contributed by atoms with E-state index in [1.807, 2.05) is 0 Å². The number of hydrogen-bond acceptors (Lipinski definition) is 5. The van der Waals surface area contributed by atoms with E-state index in [1.165, 1.54) is 24.3 Å². The van der Waals surface area contributed by atoms with Crippen molar-refractivity contribution in [3.63, 3.8) is 0 Å². The molecule has 172 valence electrons. The number of carboxylic acids is 1. The number of rotatable bonds is 7. The van der Waals surface area contributed by atoms with Crippen LogP contribution in [0, 0.1) is 0 Å². The lowest BCUT2D eigenvalue weighted by molar-refractivity contribution is -0.139. The Morgan fingerprint density at radius 1 is 0.909 bits per heavy atom. The summed E-state index contributed by atoms with van der Waals surface area (Å²) in [5.41, 5.74) is -0.377. The zero-order valence-electron chi connectivity index (χ0n) is 17.2. The topological polar surface area (TPSA) is 74.2 Å². The number of halogens is 3. The molecule has 0 atom stereocenters. The fourth-order valence-electron chi connectivity index (χ4n) is 3.28. The molecule has 0 spiro atoms. The summed E-state index contributed by atoms with van der Waals surface area (Å²) < 4.78 is 63.6. The fraction of sp³-hybridized carbons (Fsp3) is 0.208. The zero-order valence-corrected chi connectivity index (χ0v) is 17.2. The molecule has 1 aliphatic rings. The Labute approximate surface area is 187 Å². The summed E-state index contributed by atoms with van der Waals surface area (Å²) >= 11 is 0. The van der Waals surface area contributed by atoms with Crippen LogP contribution in [0.4, 0.5) is 13.2 Å². The standard InChI is InChI=1S/C24H19F3O6/c25-24(26,27)18-14-17(33-21-6-2-5-20-23(21)31-12-11-30-20)8-9-19(18)32-16-4-1-3-15(13-16)7-10-22(28)29/h1-6,8-9,13-14H,7,10-12H2,(H,28,29). The second-order valence-electron chi connectivity index (χ2n) is 7.18. The molecular weight excluding hydrogens is 441 g/mol. The fourth-order valence-corrected chi connectivity index (χ4v) is 3.28. The first-order valence-corrected chi connectivity index (χ1v) is 10.1. The van der Waals surface area contributed by atoms with Crippen molar-refractivity contribution in [3.05, 3.63) is 71.8 Å². The Bertz CT molecular complexity index is 1160. The minimum absolute atomic E-state index is 0.0487. The van der Waals surface area contributed by atoms with Crippen LogP contribution in [0.15, 0.2) is 60.7 Å². The molecule has 0 radical (unpaired) electrons. The lowest BCUT2D eigenvalue weighted by Gasteiger charge is -2.21. The molecule has 0 saturated carbocycles. The smallest absolute Gasteiger partial charge is 0.420 e. The highest BCUT2D eigenvalue weighted by molar-refractivity contribution is 5.67. The number of ether oxygens (including phenoxy) is 4. The SMILES string of the molecule is O=C(O)CCc1cccc(Oc2ccc(Oc3cccc4c3OCCO4)cc2C(F)(F)F)c1. The third-order valence-corrected chi connectivity index (χ3v) is 4.77. The van der Waals surface area contributed by atoms with Gasteiger partial charge in [0.15, 0.2) is 11.5 Å². The van der Waals surface area contributed by atoms with Crippen LogP contribution in [-0.4, -0.2) is 24.3 Å². The highest BCUT2D eigenvalue weighted by Gasteiger charge is 2.35. The molecule has 0 amide bonds. The van der Waals surface area contributed by atoms with Gasteiger partial charge < -0.3 is 24.1 Å². The maximum Gasteiger partial charge on any atom is 0.420 e. The Balaban J connectivity index is 1.60. The van der Waals surface area contributed by atoms with Crippen molar-refractivity contribution in [1.82, 2.24) is 0 Å². The molecule has 1 aliphatic heterocycles. The van der Waals surface area contributed by atoms with Gasteiger partial charge in [-0.25, -0.2) is 0 Å². The second kappa shape index (κ2) is 9.32. The molecule has 0 saturated heterocycles. The molecule has 0 fully saturated rings. The van der Waals surface area contributed by atoms with Gasteiger partial charge in [0.1, 0.15) is 36.0 Å². The van der Waals surface area contributed by atoms with Gasteiger partial charge in [0.2, 0.25) is 5.75 Å². The highest BCUT2D eigenvalue weighted by Crippen LogP contribution is 2.44. The Morgan fingerprint density at radius 3 is 2.42 bits per heavy atom. The van der Waals surface area contributed by atoms with Crippen molar-refractivity contribution in [1.29, 1.82) is 0 Å². The minimum atomic E-state index is -4.70. The monoisotopic (exact) mass is 460 g/mol. The van der Waals surface area contributed by atoms with Crippen LogP contribution in [-0.2, 0) is 17.4 Å². The third-order valence-electron chi connectivity index (χ3n) is 4.77. The number of benzene rings is 3. The predicted octanol–water partition coefficient (Wildman–Crippen LogP) is 6.08. The van der Waals surface area contributed by atoms with Gasteiger partial charge in [-0.05, 0) is 54.4 Å². The maximum absolute atomic E-state index is 13.8. The molecule has 3 aromatic rings. The molecule has 9 heteroatoms. The van der Waals surface area contributed by atoms with E-state index in [0.29, 0.717) is 30.3 Å². The average Bonchev–Trinajstić information content (AvgIpc) is 2.78. The zero-order chi connectivity index (χ0) is 23.4. The number of alkyl halides is 3. The summed E-state index contributed by atoms with van der Waals surface area (Å²) in [7, 11) is 0. The quantitative estimate of drug-likeness (QED) is 0.461. The van der Waals surface area contributed by atoms with E-state index in [1.54, 1.807) is 30.3 Å². The van der Waals surface area contributed by atoms with Gasteiger partial charge in [0, 0.05) is 6.42 Å². The molecule has 33 heavy (non-hydrogen) atoms. The first-order valence-electron chi connectivity index (χ1n) is 10.1. The molecule has 1 heterocycles. The Kier molecular flexibility index (Phi) is 6.30. The number of fused-ring (bicyclic) bond motifs is 1. The molecule has 0 bridgehead atoms. The van der Waals surface area contributed by atoms with Crippen molar-refractivity contribution in [2.24, 2.45) is 0 Å². The van der Waals surface area contributed by atoms with E-state index >= 15 is 0 Å². The van der Waals surface area contributed by atoms with Gasteiger partial charge in [0.05, 0.1) is 0 Å². The molecular formula is C24H19F3O6. The maximum atomic E-state index is 13.8. The van der Waals surface area contributed by atoms with Crippen LogP contribution in [0.2, 0.25) is 0 Å². The normalized spacial score (nSPS) is 12.8. The predicted molar refractivity (Wildman–Crippen MR) is 111 cm³/mol. The number of carboxylic acid groups (broad SMARTS) is 1. The van der Waals surface area contributed by atoms with Gasteiger partial charge >= 0.3 is 12.1 Å². The first kappa shape index (κ1) is 22.3. The van der Waals surface area contributed by atoms with Gasteiger partial charge in [-0.3, -0.25) is 4.79 Å². The number of aliphatic carboxylic acids is 1. The summed E-state index contributed by atoms with van der Waals surface area (Å²) in [6.07, 6.45) is -4.56. The molecule has 3 aromatic carbocycles. The van der Waals surface area contributed by atoms with Crippen molar-refractivity contribution in [3.8, 4) is 34.5 Å². The van der Waals surface area contributed by atoms with Crippen LogP contribution in [0.25, 0.3) is 0 Å². The number of aryl methyl sites for hydroxylation is 1. The molecule has 6 nitrogen and oxygen atoms in total. The molecule has 0 aromatic heterocycles. The first-order chi connectivity index (χ1) is 15.8. The molecule has 0 unspecified atom stereocenters. The third kappa shape index (κ3) is 5.49. The summed E-state index contributed by atoms with van der Waals surface area (Å²) in [4.78, 5) is 10.8. The highest BCUT2D eigenvalue weighted by atomic mass is 19.4. The van der Waals surface area contributed by atoms with Crippen LogP contribution in [0.5, 0.6) is 34.5 Å². The van der Waals surface area contributed by atoms with E-state index in [2.05, 4.69) is 0 Å². The molecule has 0 aliphatic carbocycles. The lowest BCUT2D eigenvalue weighted by Crippen LogP contribution is -2.15. The summed E-state index contributed by atoms with van der Waals surface area (Å²) in [6, 6.07) is 14.6. The van der Waals surface area contributed by atoms with Gasteiger partial charge in [0.25, 0.3) is 0 Å². The molecule has 4 rings (SSSR count). The van der Waals surface area contributed by atoms with Crippen LogP contribution >= 0.6 is 0 Å². The number of carbonyl (C=O) groups is 1. The summed E-state index contributed by atoms with van der Waals surface area (Å²) in [5, 5.41) is 8.82. The van der Waals surface area contributed by atoms with Crippen molar-refractivity contribution < 1.29 is 42.0 Å². The minimum Gasteiger partial charge on any atom is -0.486 e. The largest absolute Gasteiger partial charge is 0.486 e. The van der Waals surface area contributed by atoms with E-state index in [0.717, 1.165) is 6.07 Å². The van der Waals surface area contributed by atoms with E-state index < -0.39 is 23.5 Å². The lowest BCUT2D eigenvalue weighted by atomic mass is 10.1. The number of hydrogen-bond donors (Lipinski definition) is 1. The van der Waals surface area contributed by atoms with Gasteiger partial charge in [-0.1, -0.05) is 18.2 Å². The second-order valence-corrected chi connectivity index (χ2v) is 7.18. The van der Waals surface area contributed by atoms with Crippen molar-refractivity contribution >= 4 is 5.97 Å². The van der Waals surface area contributed by atoms with Gasteiger partial charge in [-0.15, -0.1) is 0 Å². The number of para-hydroxylation sites is 1. The van der Waals surface area contributed by atoms with E-state index in [9.17, 15) is 18.0 Å². The van der Waals surface area contributed by atoms with E-state index in [4.69, 9.17) is 24.1 Å². The average molecular weight is 460 g/mol. The van der Waals surface area contributed by atoms with Crippen LogP contribution < -0.4 is 18.9 Å². The summed E-state index contributed by atoms with van der Waals surface area (Å²) in [6.45, 7) is 0.678. The Hall–Kier alpha value is -3.88. The molecule has 1 N–H and O–H groups in total. The van der Waals surface area contributed by atoms with Crippen molar-refractivity contribution in [2.45, 2.75) is 19.0 Å². The van der Waals surface area contributed by atoms with Crippen LogP contribution in [0.1, 0.15) is 17.5 Å². The van der Waals surface area contributed by atoms with Gasteiger partial charge in [-0.2, -0.15) is 13.2 Å². The Morgan fingerprint density at radius 2 is 1.64 bits per heavy atom.